The molecule has 0 fully saturated rings. The Morgan fingerprint density at radius 2 is 2.26 bits per heavy atom. The number of ether oxygens (including phenoxy) is 1. The molecular formula is C19H22N2O2. The summed E-state index contributed by atoms with van der Waals surface area (Å²) in [7, 11) is 1.62. The number of pyridine rings is 1. The van der Waals surface area contributed by atoms with E-state index < -0.39 is 0 Å². The first-order valence-corrected chi connectivity index (χ1v) is 8.15. The van der Waals surface area contributed by atoms with Crippen LogP contribution in [-0.4, -0.2) is 31.2 Å². The summed E-state index contributed by atoms with van der Waals surface area (Å²) in [4.78, 5) is 16.7. The molecule has 4 nitrogen and oxygen atoms in total. The molecule has 1 aliphatic rings. The van der Waals surface area contributed by atoms with E-state index in [1.807, 2.05) is 18.2 Å². The van der Waals surface area contributed by atoms with Gasteiger partial charge < -0.3 is 10.1 Å². The number of methoxy groups -OCH3 is 1. The number of allylic oxidation sites excluding steroid dienone is 2. The Balaban J connectivity index is 1.89. The summed E-state index contributed by atoms with van der Waals surface area (Å²) in [5, 5.41) is 3.83. The van der Waals surface area contributed by atoms with Gasteiger partial charge in [0, 0.05) is 30.8 Å². The number of hydrogen-bond acceptors (Lipinski definition) is 3. The van der Waals surface area contributed by atoms with E-state index in [-0.39, 0.29) is 5.91 Å². The van der Waals surface area contributed by atoms with E-state index in [1.54, 1.807) is 13.3 Å². The second kappa shape index (κ2) is 7.38. The lowest BCUT2D eigenvalue weighted by Gasteiger charge is -2.15. The van der Waals surface area contributed by atoms with Crippen LogP contribution in [0.2, 0.25) is 0 Å². The average molecular weight is 310 g/mol. The molecule has 0 atom stereocenters. The summed E-state index contributed by atoms with van der Waals surface area (Å²) >= 11 is 0. The van der Waals surface area contributed by atoms with E-state index in [0.29, 0.717) is 18.7 Å². The Bertz CT molecular complexity index is 737. The van der Waals surface area contributed by atoms with Gasteiger partial charge in [0.25, 0.3) is 5.91 Å². The number of benzene rings is 1. The SMILES string of the molecule is COCCNC(=O)c1cnc2c(C3=CCCCC3)cccc2c1. The molecule has 0 saturated carbocycles. The van der Waals surface area contributed by atoms with Gasteiger partial charge in [-0.15, -0.1) is 0 Å². The van der Waals surface area contributed by atoms with E-state index in [2.05, 4.69) is 22.4 Å². The van der Waals surface area contributed by atoms with Gasteiger partial charge in [-0.25, -0.2) is 0 Å². The largest absolute Gasteiger partial charge is 0.383 e. The third-order valence-corrected chi connectivity index (χ3v) is 4.20. The zero-order chi connectivity index (χ0) is 16.1. The first-order valence-electron chi connectivity index (χ1n) is 8.15. The molecule has 3 rings (SSSR count). The maximum atomic E-state index is 12.1. The number of nitrogens with zero attached hydrogens (tertiary/aromatic N) is 1. The van der Waals surface area contributed by atoms with Crippen molar-refractivity contribution in [2.45, 2.75) is 25.7 Å². The summed E-state index contributed by atoms with van der Waals surface area (Å²) in [5.74, 6) is -0.112. The summed E-state index contributed by atoms with van der Waals surface area (Å²) in [6.07, 6.45) is 8.75. The van der Waals surface area contributed by atoms with Crippen molar-refractivity contribution in [2.75, 3.05) is 20.3 Å². The number of para-hydroxylation sites is 1. The number of carbonyl (C=O) groups excluding carboxylic acids is 1. The summed E-state index contributed by atoms with van der Waals surface area (Å²) < 4.78 is 4.94. The van der Waals surface area contributed by atoms with Crippen molar-refractivity contribution in [3.8, 4) is 0 Å². The van der Waals surface area contributed by atoms with Crippen molar-refractivity contribution >= 4 is 22.4 Å². The minimum atomic E-state index is -0.112. The minimum absolute atomic E-state index is 0.112. The monoisotopic (exact) mass is 310 g/mol. The Hall–Kier alpha value is -2.20. The second-order valence-corrected chi connectivity index (χ2v) is 5.83. The number of rotatable bonds is 5. The maximum Gasteiger partial charge on any atom is 0.252 e. The van der Waals surface area contributed by atoms with Crippen molar-refractivity contribution in [3.05, 3.63) is 47.7 Å². The molecule has 4 heteroatoms. The molecule has 23 heavy (non-hydrogen) atoms. The van der Waals surface area contributed by atoms with E-state index in [0.717, 1.165) is 23.7 Å². The van der Waals surface area contributed by atoms with E-state index in [4.69, 9.17) is 4.74 Å². The van der Waals surface area contributed by atoms with Crippen LogP contribution in [0.1, 0.15) is 41.6 Å². The van der Waals surface area contributed by atoms with Gasteiger partial charge in [0.05, 0.1) is 17.7 Å². The van der Waals surface area contributed by atoms with Crippen molar-refractivity contribution in [2.24, 2.45) is 0 Å². The highest BCUT2D eigenvalue weighted by Gasteiger charge is 2.12. The molecule has 1 N–H and O–H groups in total. The molecule has 1 aliphatic carbocycles. The summed E-state index contributed by atoms with van der Waals surface area (Å²) in [5.41, 5.74) is 4.15. The molecule has 1 heterocycles. The summed E-state index contributed by atoms with van der Waals surface area (Å²) in [6.45, 7) is 1.01. The van der Waals surface area contributed by atoms with Crippen LogP contribution in [-0.2, 0) is 4.74 Å². The standard InChI is InChI=1S/C19H22N2O2/c1-23-11-10-20-19(22)16-12-15-8-5-9-17(18(15)21-13-16)14-6-3-2-4-7-14/h5-6,8-9,12-13H,2-4,7,10-11H2,1H3,(H,20,22). The fourth-order valence-electron chi connectivity index (χ4n) is 3.00. The lowest BCUT2D eigenvalue weighted by atomic mass is 9.92. The number of amides is 1. The predicted molar refractivity (Wildman–Crippen MR) is 92.4 cm³/mol. The van der Waals surface area contributed by atoms with E-state index in [1.165, 1.54) is 24.0 Å². The third kappa shape index (κ3) is 3.59. The van der Waals surface area contributed by atoms with Crippen LogP contribution in [0.5, 0.6) is 0 Å². The maximum absolute atomic E-state index is 12.1. The number of aromatic nitrogens is 1. The smallest absolute Gasteiger partial charge is 0.252 e. The van der Waals surface area contributed by atoms with Crippen LogP contribution in [0.25, 0.3) is 16.5 Å². The lowest BCUT2D eigenvalue weighted by molar-refractivity contribution is 0.0937. The van der Waals surface area contributed by atoms with Crippen molar-refractivity contribution in [1.29, 1.82) is 0 Å². The van der Waals surface area contributed by atoms with Crippen molar-refractivity contribution in [1.82, 2.24) is 10.3 Å². The fourth-order valence-corrected chi connectivity index (χ4v) is 3.00. The van der Waals surface area contributed by atoms with Crippen LogP contribution in [0, 0.1) is 0 Å². The van der Waals surface area contributed by atoms with Gasteiger partial charge in [-0.2, -0.15) is 0 Å². The molecular weight excluding hydrogens is 288 g/mol. The molecule has 0 radical (unpaired) electrons. The molecule has 0 spiro atoms. The first kappa shape index (κ1) is 15.7. The number of hydrogen-bond donors (Lipinski definition) is 1. The number of nitrogens with one attached hydrogen (secondary N) is 1. The van der Waals surface area contributed by atoms with Crippen molar-refractivity contribution < 1.29 is 9.53 Å². The second-order valence-electron chi connectivity index (χ2n) is 5.83. The molecule has 0 aliphatic heterocycles. The summed E-state index contributed by atoms with van der Waals surface area (Å²) in [6, 6.07) is 8.10. The molecule has 1 amide bonds. The minimum Gasteiger partial charge on any atom is -0.383 e. The predicted octanol–water partition coefficient (Wildman–Crippen LogP) is 3.57. The molecule has 0 bridgehead atoms. The Kier molecular flexibility index (Phi) is 5.03. The van der Waals surface area contributed by atoms with Crippen molar-refractivity contribution in [3.63, 3.8) is 0 Å². The van der Waals surface area contributed by atoms with Crippen LogP contribution in [0.15, 0.2) is 36.5 Å². The Morgan fingerprint density at radius 1 is 1.35 bits per heavy atom. The fraction of sp³-hybridized carbons (Fsp3) is 0.368. The molecule has 0 unspecified atom stereocenters. The molecule has 1 aromatic heterocycles. The quantitative estimate of drug-likeness (QED) is 0.859. The van der Waals surface area contributed by atoms with Gasteiger partial charge in [-0.1, -0.05) is 24.3 Å². The molecule has 0 saturated heterocycles. The third-order valence-electron chi connectivity index (χ3n) is 4.20. The van der Waals surface area contributed by atoms with Gasteiger partial charge in [-0.05, 0) is 37.3 Å². The average Bonchev–Trinajstić information content (AvgIpc) is 2.61. The van der Waals surface area contributed by atoms with Gasteiger partial charge in [-0.3, -0.25) is 9.78 Å². The Labute approximate surface area is 136 Å². The van der Waals surface area contributed by atoms with Crippen LogP contribution in [0.3, 0.4) is 0 Å². The van der Waals surface area contributed by atoms with Crippen LogP contribution >= 0.6 is 0 Å². The topological polar surface area (TPSA) is 51.2 Å². The van der Waals surface area contributed by atoms with E-state index >= 15 is 0 Å². The van der Waals surface area contributed by atoms with Gasteiger partial charge in [0.1, 0.15) is 0 Å². The van der Waals surface area contributed by atoms with Crippen LogP contribution in [0.4, 0.5) is 0 Å². The molecule has 1 aromatic carbocycles. The Morgan fingerprint density at radius 3 is 3.04 bits per heavy atom. The van der Waals surface area contributed by atoms with Gasteiger partial charge in [0.2, 0.25) is 0 Å². The molecule has 120 valence electrons. The number of fused-ring (bicyclic) bond motifs is 1. The lowest BCUT2D eigenvalue weighted by Crippen LogP contribution is -2.27. The van der Waals surface area contributed by atoms with Gasteiger partial charge >= 0.3 is 0 Å². The highest BCUT2D eigenvalue weighted by molar-refractivity contribution is 5.99. The highest BCUT2D eigenvalue weighted by Crippen LogP contribution is 2.31. The van der Waals surface area contributed by atoms with Crippen LogP contribution < -0.4 is 5.32 Å². The number of carbonyl (C=O) groups is 1. The highest BCUT2D eigenvalue weighted by atomic mass is 16.5. The van der Waals surface area contributed by atoms with Gasteiger partial charge in [0.15, 0.2) is 0 Å². The van der Waals surface area contributed by atoms with E-state index in [9.17, 15) is 4.79 Å². The molecule has 2 aromatic rings. The first-order chi connectivity index (χ1) is 11.3. The normalized spacial score (nSPS) is 14.6. The zero-order valence-electron chi connectivity index (χ0n) is 13.5. The zero-order valence-corrected chi connectivity index (χ0v) is 13.5.